The van der Waals surface area contributed by atoms with Crippen molar-refractivity contribution in [3.8, 4) is 6.07 Å². The number of nitrogens with zero attached hydrogens (tertiary/aromatic N) is 2. The Morgan fingerprint density at radius 3 is 2.93 bits per heavy atom. The zero-order valence-corrected chi connectivity index (χ0v) is 9.08. The molecule has 1 aromatic heterocycles. The van der Waals surface area contributed by atoms with E-state index < -0.39 is 9.84 Å². The van der Waals surface area contributed by atoms with Gasteiger partial charge in [-0.15, -0.1) is 0 Å². The predicted molar refractivity (Wildman–Crippen MR) is 57.2 cm³/mol. The Morgan fingerprint density at radius 2 is 2.33 bits per heavy atom. The Kier molecular flexibility index (Phi) is 3.63. The summed E-state index contributed by atoms with van der Waals surface area (Å²) in [6.45, 7) is 0.277. The van der Waals surface area contributed by atoms with Crippen molar-refractivity contribution in [3.05, 3.63) is 24.0 Å². The van der Waals surface area contributed by atoms with E-state index in [9.17, 15) is 8.42 Å². The minimum Gasteiger partial charge on any atom is -0.382 e. The van der Waals surface area contributed by atoms with Crippen molar-refractivity contribution in [3.63, 3.8) is 0 Å². The molecule has 0 aliphatic heterocycles. The maximum Gasteiger partial charge on any atom is 0.163 e. The van der Waals surface area contributed by atoms with E-state index in [1.807, 2.05) is 6.07 Å². The van der Waals surface area contributed by atoms with Gasteiger partial charge in [-0.1, -0.05) is 0 Å². The third-order valence-corrected chi connectivity index (χ3v) is 2.65. The second-order valence-corrected chi connectivity index (χ2v) is 5.33. The molecule has 80 valence electrons. The molecular formula is C9H11N3O2S. The zero-order valence-electron chi connectivity index (χ0n) is 8.27. The average Bonchev–Trinajstić information content (AvgIpc) is 2.16. The summed E-state index contributed by atoms with van der Waals surface area (Å²) < 4.78 is 21.7. The normalized spacial score (nSPS) is 10.7. The van der Waals surface area contributed by atoms with Crippen LogP contribution in [0.15, 0.2) is 18.3 Å². The SMILES string of the molecule is CS(=O)(=O)CCNc1cccnc1C#N. The van der Waals surface area contributed by atoms with Crippen LogP contribution in [0.4, 0.5) is 5.69 Å². The molecule has 0 unspecified atom stereocenters. The Labute approximate surface area is 88.7 Å². The molecule has 0 aliphatic carbocycles. The van der Waals surface area contributed by atoms with Gasteiger partial charge in [0.15, 0.2) is 5.69 Å². The number of aromatic nitrogens is 1. The molecule has 0 saturated carbocycles. The Morgan fingerprint density at radius 1 is 1.60 bits per heavy atom. The molecule has 0 radical (unpaired) electrons. The average molecular weight is 225 g/mol. The quantitative estimate of drug-likeness (QED) is 0.802. The maximum absolute atomic E-state index is 10.9. The molecule has 6 heteroatoms. The molecule has 1 N–H and O–H groups in total. The molecule has 0 atom stereocenters. The van der Waals surface area contributed by atoms with Gasteiger partial charge in [0.25, 0.3) is 0 Å². The van der Waals surface area contributed by atoms with Crippen molar-refractivity contribution in [2.45, 2.75) is 0 Å². The second kappa shape index (κ2) is 4.75. The van der Waals surface area contributed by atoms with Gasteiger partial charge in [0.1, 0.15) is 15.9 Å². The smallest absolute Gasteiger partial charge is 0.163 e. The minimum atomic E-state index is -2.98. The van der Waals surface area contributed by atoms with Crippen LogP contribution in [0.5, 0.6) is 0 Å². The number of pyridine rings is 1. The summed E-state index contributed by atoms with van der Waals surface area (Å²) in [6, 6.07) is 5.29. The van der Waals surface area contributed by atoms with Gasteiger partial charge in [-0.05, 0) is 12.1 Å². The Hall–Kier alpha value is -1.61. The molecule has 0 fully saturated rings. The first kappa shape index (κ1) is 11.5. The van der Waals surface area contributed by atoms with Crippen LogP contribution < -0.4 is 5.32 Å². The number of nitrogens with one attached hydrogen (secondary N) is 1. The number of hydrogen-bond donors (Lipinski definition) is 1. The fourth-order valence-electron chi connectivity index (χ4n) is 1.01. The van der Waals surface area contributed by atoms with E-state index in [1.54, 1.807) is 12.1 Å². The van der Waals surface area contributed by atoms with Crippen LogP contribution in [0.25, 0.3) is 0 Å². The monoisotopic (exact) mass is 225 g/mol. The van der Waals surface area contributed by atoms with E-state index in [1.165, 1.54) is 12.5 Å². The summed E-state index contributed by atoms with van der Waals surface area (Å²) in [5.41, 5.74) is 0.828. The molecule has 5 nitrogen and oxygen atoms in total. The topological polar surface area (TPSA) is 82.8 Å². The molecular weight excluding hydrogens is 214 g/mol. The molecule has 1 aromatic rings. The molecule has 0 bridgehead atoms. The van der Waals surface area contributed by atoms with Gasteiger partial charge in [0, 0.05) is 19.0 Å². The van der Waals surface area contributed by atoms with E-state index in [2.05, 4.69) is 10.3 Å². The molecule has 15 heavy (non-hydrogen) atoms. The van der Waals surface area contributed by atoms with Gasteiger partial charge in [-0.3, -0.25) is 0 Å². The van der Waals surface area contributed by atoms with Crippen molar-refractivity contribution in [1.29, 1.82) is 5.26 Å². The molecule has 0 amide bonds. The number of anilines is 1. The van der Waals surface area contributed by atoms with Crippen LogP contribution in [0, 0.1) is 11.3 Å². The van der Waals surface area contributed by atoms with Gasteiger partial charge in [0.05, 0.1) is 11.4 Å². The molecule has 0 spiro atoms. The molecule has 1 rings (SSSR count). The summed E-state index contributed by atoms with van der Waals surface area (Å²) in [4.78, 5) is 3.84. The Balaban J connectivity index is 2.63. The van der Waals surface area contributed by atoms with Crippen molar-refractivity contribution in [2.24, 2.45) is 0 Å². The maximum atomic E-state index is 10.9. The van der Waals surface area contributed by atoms with Crippen molar-refractivity contribution in [1.82, 2.24) is 4.98 Å². The third-order valence-electron chi connectivity index (χ3n) is 1.70. The van der Waals surface area contributed by atoms with Crippen molar-refractivity contribution in [2.75, 3.05) is 23.9 Å². The summed E-state index contributed by atoms with van der Waals surface area (Å²) in [7, 11) is -2.98. The lowest BCUT2D eigenvalue weighted by Gasteiger charge is -2.05. The van der Waals surface area contributed by atoms with Crippen molar-refractivity contribution >= 4 is 15.5 Å². The fourth-order valence-corrected chi connectivity index (χ4v) is 1.48. The highest BCUT2D eigenvalue weighted by Crippen LogP contribution is 2.09. The van der Waals surface area contributed by atoms with Gasteiger partial charge in [-0.2, -0.15) is 5.26 Å². The largest absolute Gasteiger partial charge is 0.382 e. The van der Waals surface area contributed by atoms with E-state index in [4.69, 9.17) is 5.26 Å². The highest BCUT2D eigenvalue weighted by atomic mass is 32.2. The van der Waals surface area contributed by atoms with Gasteiger partial charge < -0.3 is 5.32 Å². The van der Waals surface area contributed by atoms with Crippen LogP contribution >= 0.6 is 0 Å². The lowest BCUT2D eigenvalue weighted by atomic mass is 10.3. The van der Waals surface area contributed by atoms with E-state index in [0.717, 1.165) is 0 Å². The molecule has 0 saturated heterocycles. The fraction of sp³-hybridized carbons (Fsp3) is 0.333. The Bertz CT molecular complexity index is 476. The van der Waals surface area contributed by atoms with Crippen LogP contribution in [-0.2, 0) is 9.84 Å². The van der Waals surface area contributed by atoms with Gasteiger partial charge in [0.2, 0.25) is 0 Å². The van der Waals surface area contributed by atoms with Crippen molar-refractivity contribution < 1.29 is 8.42 Å². The summed E-state index contributed by atoms with van der Waals surface area (Å²) in [5.74, 6) is 0.0345. The minimum absolute atomic E-state index is 0.0345. The summed E-state index contributed by atoms with van der Waals surface area (Å²) in [5, 5.41) is 11.6. The first-order valence-corrected chi connectivity index (χ1v) is 6.36. The first-order valence-electron chi connectivity index (χ1n) is 4.29. The number of rotatable bonds is 4. The zero-order chi connectivity index (χ0) is 11.3. The van der Waals surface area contributed by atoms with Gasteiger partial charge >= 0.3 is 0 Å². The molecule has 0 aromatic carbocycles. The third kappa shape index (κ3) is 3.95. The predicted octanol–water partition coefficient (Wildman–Crippen LogP) is 0.410. The van der Waals surface area contributed by atoms with Crippen LogP contribution in [-0.4, -0.2) is 32.0 Å². The van der Waals surface area contributed by atoms with E-state index in [-0.39, 0.29) is 18.0 Å². The van der Waals surface area contributed by atoms with Gasteiger partial charge in [-0.25, -0.2) is 13.4 Å². The summed E-state index contributed by atoms with van der Waals surface area (Å²) >= 11 is 0. The van der Waals surface area contributed by atoms with E-state index >= 15 is 0 Å². The number of sulfone groups is 1. The van der Waals surface area contributed by atoms with Crippen LogP contribution in [0.2, 0.25) is 0 Å². The van der Waals surface area contributed by atoms with E-state index in [0.29, 0.717) is 5.69 Å². The highest BCUT2D eigenvalue weighted by Gasteiger charge is 2.04. The molecule has 1 heterocycles. The lowest BCUT2D eigenvalue weighted by molar-refractivity contribution is 0.602. The van der Waals surface area contributed by atoms with Crippen LogP contribution in [0.1, 0.15) is 5.69 Å². The highest BCUT2D eigenvalue weighted by molar-refractivity contribution is 7.90. The lowest BCUT2D eigenvalue weighted by Crippen LogP contribution is -2.14. The summed E-state index contributed by atoms with van der Waals surface area (Å²) in [6.07, 6.45) is 2.68. The first-order chi connectivity index (χ1) is 7.03. The number of nitriles is 1. The number of hydrogen-bond acceptors (Lipinski definition) is 5. The second-order valence-electron chi connectivity index (χ2n) is 3.07. The standard InChI is InChI=1S/C9H11N3O2S/c1-15(13,14)6-5-12-8-3-2-4-11-9(8)7-10/h2-4,12H,5-6H2,1H3. The molecule has 0 aliphatic rings. The van der Waals surface area contributed by atoms with Crippen LogP contribution in [0.3, 0.4) is 0 Å².